The number of aryl methyl sites for hydroxylation is 1. The Morgan fingerprint density at radius 3 is 2.48 bits per heavy atom. The standard InChI is InChI=1S/C35H32N2O6S/c1-5-10-25-17-23(18-28(41-6-2)32(25)43-21-27-12-9-8-11-26(27)20-36)19-29-31(38)30(35(40)42-7-3)34(44-29)37-33(39)24-15-13-22(4)14-16-24/h5,8-9,11-19,38H,1,6-7,10,21H2,2-4H3/b29-19-,37-34?. The number of nitrogens with zero attached hydrogens (tertiary/aromatic N) is 2. The van der Waals surface area contributed by atoms with Crippen molar-refractivity contribution >= 4 is 34.8 Å². The van der Waals surface area contributed by atoms with Crippen LogP contribution in [0.5, 0.6) is 11.5 Å². The van der Waals surface area contributed by atoms with Crippen LogP contribution in [0.4, 0.5) is 0 Å². The summed E-state index contributed by atoms with van der Waals surface area (Å²) in [5.41, 5.74) is 3.86. The maximum absolute atomic E-state index is 13.0. The molecule has 1 aliphatic heterocycles. The summed E-state index contributed by atoms with van der Waals surface area (Å²) in [6.07, 6.45) is 3.87. The summed E-state index contributed by atoms with van der Waals surface area (Å²) in [6, 6.07) is 19.9. The molecule has 224 valence electrons. The molecule has 9 heteroatoms. The highest BCUT2D eigenvalue weighted by Gasteiger charge is 2.34. The minimum absolute atomic E-state index is 0.0465. The van der Waals surface area contributed by atoms with Crippen molar-refractivity contribution in [2.75, 3.05) is 13.2 Å². The van der Waals surface area contributed by atoms with Crippen molar-refractivity contribution < 1.29 is 28.9 Å². The molecule has 0 bridgehead atoms. The van der Waals surface area contributed by atoms with E-state index in [2.05, 4.69) is 17.6 Å². The summed E-state index contributed by atoms with van der Waals surface area (Å²) in [6.45, 7) is 9.90. The van der Waals surface area contributed by atoms with Crippen LogP contribution < -0.4 is 9.47 Å². The van der Waals surface area contributed by atoms with E-state index in [-0.39, 0.29) is 29.6 Å². The predicted molar refractivity (Wildman–Crippen MR) is 172 cm³/mol. The van der Waals surface area contributed by atoms with Crippen molar-refractivity contribution in [3.8, 4) is 17.6 Å². The van der Waals surface area contributed by atoms with Gasteiger partial charge in [0.1, 0.15) is 23.0 Å². The van der Waals surface area contributed by atoms with E-state index in [1.54, 1.807) is 61.5 Å². The Kier molecular flexibility index (Phi) is 10.8. The zero-order chi connectivity index (χ0) is 31.6. The number of amides is 1. The Labute approximate surface area is 261 Å². The Bertz CT molecular complexity index is 1710. The number of benzene rings is 3. The lowest BCUT2D eigenvalue weighted by atomic mass is 10.0. The van der Waals surface area contributed by atoms with Crippen LogP contribution >= 0.6 is 11.8 Å². The fourth-order valence-electron chi connectivity index (χ4n) is 4.40. The van der Waals surface area contributed by atoms with E-state index in [4.69, 9.17) is 14.2 Å². The van der Waals surface area contributed by atoms with Gasteiger partial charge in [-0.2, -0.15) is 5.26 Å². The molecule has 3 aromatic rings. The molecule has 8 nitrogen and oxygen atoms in total. The molecular formula is C35H32N2O6S. The van der Waals surface area contributed by atoms with Crippen LogP contribution in [0.25, 0.3) is 6.08 Å². The first kappa shape index (κ1) is 31.9. The largest absolute Gasteiger partial charge is 0.506 e. The Morgan fingerprint density at radius 2 is 1.80 bits per heavy atom. The third-order valence-corrected chi connectivity index (χ3v) is 7.52. The number of thioether (sulfide) groups is 1. The van der Waals surface area contributed by atoms with Gasteiger partial charge in [-0.1, -0.05) is 53.7 Å². The van der Waals surface area contributed by atoms with Gasteiger partial charge >= 0.3 is 5.97 Å². The van der Waals surface area contributed by atoms with Crippen molar-refractivity contribution in [2.24, 2.45) is 4.99 Å². The van der Waals surface area contributed by atoms with Crippen LogP contribution in [-0.4, -0.2) is 35.2 Å². The molecule has 1 aliphatic rings. The van der Waals surface area contributed by atoms with Crippen LogP contribution in [0, 0.1) is 18.3 Å². The minimum Gasteiger partial charge on any atom is -0.506 e. The molecular weight excluding hydrogens is 576 g/mol. The molecule has 4 rings (SSSR count). The number of ether oxygens (including phenoxy) is 3. The fraction of sp³-hybridized carbons (Fsp3) is 0.200. The molecule has 0 spiro atoms. The number of hydrogen-bond donors (Lipinski definition) is 1. The Hall–Kier alpha value is -5.07. The first-order chi connectivity index (χ1) is 21.3. The van der Waals surface area contributed by atoms with Crippen molar-refractivity contribution in [2.45, 2.75) is 33.8 Å². The van der Waals surface area contributed by atoms with Gasteiger partial charge in [-0.05, 0) is 69.2 Å². The number of carbonyl (C=O) groups is 2. The summed E-state index contributed by atoms with van der Waals surface area (Å²) >= 11 is 0.999. The number of rotatable bonds is 11. The van der Waals surface area contributed by atoms with Gasteiger partial charge in [0.15, 0.2) is 11.5 Å². The van der Waals surface area contributed by atoms with Gasteiger partial charge in [0.2, 0.25) is 0 Å². The molecule has 1 heterocycles. The van der Waals surface area contributed by atoms with Gasteiger partial charge in [-0.3, -0.25) is 4.79 Å². The minimum atomic E-state index is -0.778. The molecule has 44 heavy (non-hydrogen) atoms. The molecule has 3 aromatic carbocycles. The number of aliphatic hydroxyl groups is 1. The molecule has 0 aromatic heterocycles. The van der Waals surface area contributed by atoms with Crippen LogP contribution in [0.2, 0.25) is 0 Å². The molecule has 1 amide bonds. The summed E-state index contributed by atoms with van der Waals surface area (Å²) in [5.74, 6) is -0.678. The Balaban J connectivity index is 1.74. The fourth-order valence-corrected chi connectivity index (χ4v) is 5.41. The predicted octanol–water partition coefficient (Wildman–Crippen LogP) is 7.27. The van der Waals surface area contributed by atoms with Crippen LogP contribution in [0.3, 0.4) is 0 Å². The quantitative estimate of drug-likeness (QED) is 0.178. The highest BCUT2D eigenvalue weighted by molar-refractivity contribution is 8.18. The van der Waals surface area contributed by atoms with Gasteiger partial charge in [0.05, 0.1) is 29.8 Å². The van der Waals surface area contributed by atoms with Gasteiger partial charge in [-0.25, -0.2) is 9.79 Å². The van der Waals surface area contributed by atoms with Gasteiger partial charge in [0.25, 0.3) is 5.91 Å². The second-order valence-electron chi connectivity index (χ2n) is 9.63. The molecule has 0 saturated heterocycles. The molecule has 0 fully saturated rings. The zero-order valence-corrected chi connectivity index (χ0v) is 25.6. The van der Waals surface area contributed by atoms with E-state index in [1.165, 1.54) is 0 Å². The number of hydrogen-bond acceptors (Lipinski definition) is 8. The maximum atomic E-state index is 13.0. The number of aliphatic hydroxyl groups excluding tert-OH is 1. The van der Waals surface area contributed by atoms with Crippen LogP contribution in [0.1, 0.15) is 52.0 Å². The lowest BCUT2D eigenvalue weighted by Gasteiger charge is -2.17. The van der Waals surface area contributed by atoms with E-state index >= 15 is 0 Å². The number of allylic oxidation sites excluding steroid dienone is 1. The highest BCUT2D eigenvalue weighted by atomic mass is 32.2. The average molecular weight is 609 g/mol. The number of aliphatic imine (C=N–C) groups is 1. The van der Waals surface area contributed by atoms with Gasteiger partial charge in [0, 0.05) is 16.7 Å². The number of carbonyl (C=O) groups excluding carboxylic acids is 2. The summed E-state index contributed by atoms with van der Waals surface area (Å²) < 4.78 is 17.3. The third kappa shape index (κ3) is 7.46. The second kappa shape index (κ2) is 14.9. The second-order valence-corrected chi connectivity index (χ2v) is 10.7. The molecule has 0 radical (unpaired) electrons. The molecule has 1 N–H and O–H groups in total. The van der Waals surface area contributed by atoms with Crippen LogP contribution in [0.15, 0.2) is 94.5 Å². The lowest BCUT2D eigenvalue weighted by Crippen LogP contribution is -2.14. The van der Waals surface area contributed by atoms with E-state index < -0.39 is 11.9 Å². The number of esters is 1. The van der Waals surface area contributed by atoms with Crippen molar-refractivity contribution in [3.05, 3.63) is 123 Å². The maximum Gasteiger partial charge on any atom is 0.344 e. The topological polar surface area (TPSA) is 118 Å². The number of nitriles is 1. The Morgan fingerprint density at radius 1 is 1.05 bits per heavy atom. The van der Waals surface area contributed by atoms with E-state index in [9.17, 15) is 20.0 Å². The van der Waals surface area contributed by atoms with E-state index in [0.29, 0.717) is 46.1 Å². The van der Waals surface area contributed by atoms with Crippen molar-refractivity contribution in [3.63, 3.8) is 0 Å². The normalized spacial score (nSPS) is 14.4. The molecule has 0 atom stereocenters. The molecule has 0 saturated carbocycles. The summed E-state index contributed by atoms with van der Waals surface area (Å²) in [5, 5.41) is 20.7. The average Bonchev–Trinajstić information content (AvgIpc) is 3.31. The monoisotopic (exact) mass is 608 g/mol. The van der Waals surface area contributed by atoms with Gasteiger partial charge in [-0.15, -0.1) is 6.58 Å². The summed E-state index contributed by atoms with van der Waals surface area (Å²) in [7, 11) is 0. The first-order valence-corrected chi connectivity index (χ1v) is 14.8. The molecule has 0 aliphatic carbocycles. The highest BCUT2D eigenvalue weighted by Crippen LogP contribution is 2.41. The smallest absolute Gasteiger partial charge is 0.344 e. The molecule has 0 unspecified atom stereocenters. The van der Waals surface area contributed by atoms with E-state index in [0.717, 1.165) is 28.5 Å². The van der Waals surface area contributed by atoms with Crippen molar-refractivity contribution in [1.82, 2.24) is 0 Å². The van der Waals surface area contributed by atoms with Crippen LogP contribution in [-0.2, 0) is 22.6 Å². The van der Waals surface area contributed by atoms with Crippen molar-refractivity contribution in [1.29, 1.82) is 5.26 Å². The third-order valence-electron chi connectivity index (χ3n) is 6.50. The zero-order valence-electron chi connectivity index (χ0n) is 24.8. The van der Waals surface area contributed by atoms with Gasteiger partial charge < -0.3 is 19.3 Å². The SMILES string of the molecule is C=CCc1cc(/C=C2\SC(=NC(=O)c3ccc(C)cc3)C(C(=O)OCC)=C2O)cc(OCC)c1OCc1ccccc1C#N. The van der Waals surface area contributed by atoms with E-state index in [1.807, 2.05) is 32.0 Å². The first-order valence-electron chi connectivity index (χ1n) is 14.0. The summed E-state index contributed by atoms with van der Waals surface area (Å²) in [4.78, 5) is 30.3. The lowest BCUT2D eigenvalue weighted by molar-refractivity contribution is -0.138.